The molecular formula is C12H9N3OS. The van der Waals surface area contributed by atoms with E-state index in [1.54, 1.807) is 29.5 Å². The Bertz CT molecular complexity index is 557. The Labute approximate surface area is 103 Å². The van der Waals surface area contributed by atoms with Gasteiger partial charge in [0.15, 0.2) is 0 Å². The summed E-state index contributed by atoms with van der Waals surface area (Å²) < 4.78 is 0. The van der Waals surface area contributed by atoms with Gasteiger partial charge in [-0.05, 0) is 23.6 Å². The van der Waals surface area contributed by atoms with E-state index in [2.05, 4.69) is 10.3 Å². The molecule has 0 aliphatic carbocycles. The van der Waals surface area contributed by atoms with E-state index >= 15 is 0 Å². The van der Waals surface area contributed by atoms with Gasteiger partial charge in [0, 0.05) is 4.88 Å². The molecule has 4 nitrogen and oxygen atoms in total. The number of nitrogens with zero attached hydrogens (tertiary/aromatic N) is 2. The van der Waals surface area contributed by atoms with Crippen molar-refractivity contribution in [2.45, 2.75) is 6.54 Å². The summed E-state index contributed by atoms with van der Waals surface area (Å²) in [4.78, 5) is 16.7. The molecule has 2 heterocycles. The van der Waals surface area contributed by atoms with Gasteiger partial charge in [-0.25, -0.2) is 4.98 Å². The first-order valence-corrected chi connectivity index (χ1v) is 5.85. The highest BCUT2D eigenvalue weighted by Crippen LogP contribution is 2.07. The summed E-state index contributed by atoms with van der Waals surface area (Å²) >= 11 is 1.58. The van der Waals surface area contributed by atoms with Crippen molar-refractivity contribution in [3.05, 3.63) is 52.0 Å². The maximum atomic E-state index is 11.7. The fraction of sp³-hybridized carbons (Fsp3) is 0.0833. The van der Waals surface area contributed by atoms with Gasteiger partial charge in [0.1, 0.15) is 17.5 Å². The first kappa shape index (κ1) is 11.3. The van der Waals surface area contributed by atoms with Crippen LogP contribution in [0.25, 0.3) is 0 Å². The number of hydrogen-bond acceptors (Lipinski definition) is 4. The molecule has 17 heavy (non-hydrogen) atoms. The highest BCUT2D eigenvalue weighted by molar-refractivity contribution is 7.09. The Morgan fingerprint density at radius 3 is 3.00 bits per heavy atom. The molecule has 1 N–H and O–H groups in total. The summed E-state index contributed by atoms with van der Waals surface area (Å²) in [7, 11) is 0. The summed E-state index contributed by atoms with van der Waals surface area (Å²) in [6.45, 7) is 0.481. The van der Waals surface area contributed by atoms with Crippen molar-refractivity contribution in [1.29, 1.82) is 5.26 Å². The maximum absolute atomic E-state index is 11.7. The molecule has 0 saturated heterocycles. The average molecular weight is 243 g/mol. The van der Waals surface area contributed by atoms with E-state index in [4.69, 9.17) is 5.26 Å². The van der Waals surface area contributed by atoms with Gasteiger partial charge in [-0.1, -0.05) is 12.1 Å². The standard InChI is InChI=1S/C12H9N3OS/c13-7-9-3-1-5-11(15-9)12(16)14-8-10-4-2-6-17-10/h1-6H,8H2,(H,14,16). The highest BCUT2D eigenvalue weighted by atomic mass is 32.1. The van der Waals surface area contributed by atoms with Crippen LogP contribution in [0, 0.1) is 11.3 Å². The van der Waals surface area contributed by atoms with Crippen LogP contribution < -0.4 is 5.32 Å². The second kappa shape index (κ2) is 5.23. The van der Waals surface area contributed by atoms with Crippen LogP contribution in [-0.4, -0.2) is 10.9 Å². The van der Waals surface area contributed by atoms with E-state index in [1.165, 1.54) is 0 Å². The zero-order valence-electron chi connectivity index (χ0n) is 8.88. The average Bonchev–Trinajstić information content (AvgIpc) is 2.89. The Morgan fingerprint density at radius 2 is 2.29 bits per heavy atom. The molecule has 1 amide bonds. The van der Waals surface area contributed by atoms with Gasteiger partial charge >= 0.3 is 0 Å². The Morgan fingerprint density at radius 1 is 1.41 bits per heavy atom. The minimum absolute atomic E-state index is 0.244. The summed E-state index contributed by atoms with van der Waals surface area (Å²) in [5.41, 5.74) is 0.509. The van der Waals surface area contributed by atoms with E-state index in [0.717, 1.165) is 4.88 Å². The first-order chi connectivity index (χ1) is 8.29. The number of nitrogens with one attached hydrogen (secondary N) is 1. The van der Waals surface area contributed by atoms with Crippen LogP contribution in [0.2, 0.25) is 0 Å². The van der Waals surface area contributed by atoms with Crippen LogP contribution in [-0.2, 0) is 6.54 Å². The van der Waals surface area contributed by atoms with Crippen molar-refractivity contribution in [2.75, 3.05) is 0 Å². The van der Waals surface area contributed by atoms with Gasteiger partial charge in [-0.3, -0.25) is 4.79 Å². The van der Waals surface area contributed by atoms with Crippen molar-refractivity contribution >= 4 is 17.2 Å². The Hall–Kier alpha value is -2.19. The fourth-order valence-corrected chi connectivity index (χ4v) is 1.94. The predicted molar refractivity (Wildman–Crippen MR) is 64.4 cm³/mol. The van der Waals surface area contributed by atoms with Crippen molar-refractivity contribution in [3.63, 3.8) is 0 Å². The molecule has 2 aromatic heterocycles. The van der Waals surface area contributed by atoms with Crippen LogP contribution in [0.4, 0.5) is 0 Å². The molecule has 0 radical (unpaired) electrons. The molecule has 0 spiro atoms. The van der Waals surface area contributed by atoms with E-state index < -0.39 is 0 Å². The van der Waals surface area contributed by atoms with Crippen LogP contribution in [0.3, 0.4) is 0 Å². The third kappa shape index (κ3) is 2.89. The molecule has 0 bridgehead atoms. The van der Waals surface area contributed by atoms with Gasteiger partial charge in [-0.15, -0.1) is 11.3 Å². The zero-order chi connectivity index (χ0) is 12.1. The monoisotopic (exact) mass is 243 g/mol. The number of pyridine rings is 1. The molecule has 0 unspecified atom stereocenters. The number of carbonyl (C=O) groups excluding carboxylic acids is 1. The molecule has 2 rings (SSSR count). The number of aromatic nitrogens is 1. The first-order valence-electron chi connectivity index (χ1n) is 4.97. The highest BCUT2D eigenvalue weighted by Gasteiger charge is 2.07. The van der Waals surface area contributed by atoms with Gasteiger partial charge in [0.2, 0.25) is 0 Å². The number of thiophene rings is 1. The quantitative estimate of drug-likeness (QED) is 0.896. The van der Waals surface area contributed by atoms with Crippen molar-refractivity contribution < 1.29 is 4.79 Å². The minimum atomic E-state index is -0.268. The smallest absolute Gasteiger partial charge is 0.270 e. The number of carbonyl (C=O) groups is 1. The van der Waals surface area contributed by atoms with E-state index in [1.807, 2.05) is 23.6 Å². The van der Waals surface area contributed by atoms with Crippen LogP contribution >= 0.6 is 11.3 Å². The number of rotatable bonds is 3. The molecule has 2 aromatic rings. The van der Waals surface area contributed by atoms with E-state index in [-0.39, 0.29) is 17.3 Å². The summed E-state index contributed by atoms with van der Waals surface area (Å²) in [6, 6.07) is 10.6. The second-order valence-corrected chi connectivity index (χ2v) is 4.31. The van der Waals surface area contributed by atoms with Crippen molar-refractivity contribution in [3.8, 4) is 6.07 Å². The summed E-state index contributed by atoms with van der Waals surface area (Å²) in [5, 5.41) is 13.4. The summed E-state index contributed by atoms with van der Waals surface area (Å²) in [6.07, 6.45) is 0. The predicted octanol–water partition coefficient (Wildman–Crippen LogP) is 1.94. The molecule has 5 heteroatoms. The van der Waals surface area contributed by atoms with Crippen molar-refractivity contribution in [2.24, 2.45) is 0 Å². The molecule has 0 aliphatic heterocycles. The van der Waals surface area contributed by atoms with Gasteiger partial charge in [0.25, 0.3) is 5.91 Å². The Balaban J connectivity index is 2.02. The van der Waals surface area contributed by atoms with E-state index in [0.29, 0.717) is 6.54 Å². The zero-order valence-corrected chi connectivity index (χ0v) is 9.70. The fourth-order valence-electron chi connectivity index (χ4n) is 1.29. The molecule has 0 atom stereocenters. The van der Waals surface area contributed by atoms with Crippen molar-refractivity contribution in [1.82, 2.24) is 10.3 Å². The van der Waals surface area contributed by atoms with Crippen LogP contribution in [0.1, 0.15) is 21.1 Å². The number of hydrogen-bond donors (Lipinski definition) is 1. The lowest BCUT2D eigenvalue weighted by atomic mass is 10.3. The minimum Gasteiger partial charge on any atom is -0.346 e. The Kier molecular flexibility index (Phi) is 3.48. The lowest BCUT2D eigenvalue weighted by Crippen LogP contribution is -2.23. The SMILES string of the molecule is N#Cc1cccc(C(=O)NCc2cccs2)n1. The van der Waals surface area contributed by atoms with Gasteiger partial charge in [0.05, 0.1) is 6.54 Å². The van der Waals surface area contributed by atoms with Crippen LogP contribution in [0.5, 0.6) is 0 Å². The molecule has 84 valence electrons. The number of nitriles is 1. The molecule has 0 aromatic carbocycles. The maximum Gasteiger partial charge on any atom is 0.270 e. The molecule has 0 fully saturated rings. The largest absolute Gasteiger partial charge is 0.346 e. The topological polar surface area (TPSA) is 65.8 Å². The molecule has 0 aliphatic rings. The van der Waals surface area contributed by atoms with Gasteiger partial charge in [-0.2, -0.15) is 5.26 Å². The van der Waals surface area contributed by atoms with Gasteiger partial charge < -0.3 is 5.32 Å². The second-order valence-electron chi connectivity index (χ2n) is 3.28. The van der Waals surface area contributed by atoms with E-state index in [9.17, 15) is 4.79 Å². The normalized spacial score (nSPS) is 9.59. The lowest BCUT2D eigenvalue weighted by molar-refractivity contribution is 0.0946. The van der Waals surface area contributed by atoms with Crippen LogP contribution in [0.15, 0.2) is 35.7 Å². The molecule has 0 saturated carbocycles. The third-order valence-electron chi connectivity index (χ3n) is 2.10. The third-order valence-corrected chi connectivity index (χ3v) is 2.98. The molecular weight excluding hydrogens is 234 g/mol. The number of amides is 1. The summed E-state index contributed by atoms with van der Waals surface area (Å²) in [5.74, 6) is -0.268. The lowest BCUT2D eigenvalue weighted by Gasteiger charge is -2.02.